The molecular formula is C3H6O4S. The van der Waals surface area contributed by atoms with Crippen molar-refractivity contribution < 1.29 is 19.1 Å². The molecule has 0 aliphatic carbocycles. The Morgan fingerprint density at radius 2 is 2.50 bits per heavy atom. The Labute approximate surface area is 50.9 Å². The smallest absolute Gasteiger partial charge is 0.358 e. The van der Waals surface area contributed by atoms with Gasteiger partial charge in [0.2, 0.25) is 0 Å². The summed E-state index contributed by atoms with van der Waals surface area (Å²) in [5.74, 6) is 0.634. The van der Waals surface area contributed by atoms with Gasteiger partial charge in [-0.05, 0) is 0 Å². The summed E-state index contributed by atoms with van der Waals surface area (Å²) >= 11 is 0.906. The van der Waals surface area contributed by atoms with E-state index < -0.39 is 6.16 Å². The van der Waals surface area contributed by atoms with Crippen molar-refractivity contribution >= 4 is 18.2 Å². The van der Waals surface area contributed by atoms with E-state index in [-0.39, 0.29) is 0 Å². The van der Waals surface area contributed by atoms with E-state index in [2.05, 4.69) is 9.07 Å². The molecule has 48 valence electrons. The molecule has 8 heavy (non-hydrogen) atoms. The monoisotopic (exact) mass is 138 g/mol. The van der Waals surface area contributed by atoms with Crippen LogP contribution in [0.5, 0.6) is 0 Å². The SMILES string of the molecule is CCSOC(=O)OO. The first-order valence-electron chi connectivity index (χ1n) is 1.96. The number of hydrogen-bond acceptors (Lipinski definition) is 5. The summed E-state index contributed by atoms with van der Waals surface area (Å²) in [6.07, 6.45) is -1.09. The molecule has 0 unspecified atom stereocenters. The molecule has 0 aliphatic heterocycles. The molecule has 0 saturated carbocycles. The van der Waals surface area contributed by atoms with E-state index in [1.54, 1.807) is 6.92 Å². The molecule has 0 spiro atoms. The van der Waals surface area contributed by atoms with Gasteiger partial charge in [-0.15, -0.1) is 0 Å². The van der Waals surface area contributed by atoms with Crippen LogP contribution in [-0.4, -0.2) is 17.2 Å². The van der Waals surface area contributed by atoms with E-state index in [1.807, 2.05) is 0 Å². The maximum absolute atomic E-state index is 9.86. The van der Waals surface area contributed by atoms with E-state index in [0.29, 0.717) is 5.75 Å². The lowest BCUT2D eigenvalue weighted by molar-refractivity contribution is -0.190. The molecule has 0 aromatic rings. The quantitative estimate of drug-likeness (QED) is 0.354. The van der Waals surface area contributed by atoms with Crippen LogP contribution in [0.2, 0.25) is 0 Å². The molecule has 1 N–H and O–H groups in total. The average molecular weight is 138 g/mol. The van der Waals surface area contributed by atoms with Gasteiger partial charge in [0.05, 0.1) is 12.0 Å². The molecule has 0 atom stereocenters. The summed E-state index contributed by atoms with van der Waals surface area (Å²) in [6.45, 7) is 1.80. The van der Waals surface area contributed by atoms with Crippen molar-refractivity contribution in [3.63, 3.8) is 0 Å². The van der Waals surface area contributed by atoms with Gasteiger partial charge in [0.1, 0.15) is 0 Å². The Bertz CT molecular complexity index is 73.7. The molecule has 5 heteroatoms. The minimum absolute atomic E-state index is 0.634. The summed E-state index contributed by atoms with van der Waals surface area (Å²) in [5.41, 5.74) is 0. The van der Waals surface area contributed by atoms with Crippen LogP contribution < -0.4 is 0 Å². The van der Waals surface area contributed by atoms with Gasteiger partial charge in [-0.2, -0.15) is 10.1 Å². The van der Waals surface area contributed by atoms with Gasteiger partial charge < -0.3 is 4.18 Å². The molecule has 0 saturated heterocycles. The van der Waals surface area contributed by atoms with Gasteiger partial charge in [-0.1, -0.05) is 6.92 Å². The van der Waals surface area contributed by atoms with Crippen molar-refractivity contribution in [1.82, 2.24) is 0 Å². The maximum Gasteiger partial charge on any atom is 0.552 e. The molecule has 0 fully saturated rings. The van der Waals surface area contributed by atoms with Crippen molar-refractivity contribution in [2.24, 2.45) is 0 Å². The highest BCUT2D eigenvalue weighted by molar-refractivity contribution is 7.95. The van der Waals surface area contributed by atoms with Gasteiger partial charge in [-0.3, -0.25) is 4.89 Å². The minimum Gasteiger partial charge on any atom is -0.358 e. The number of rotatable bonds is 2. The predicted molar refractivity (Wildman–Crippen MR) is 28.3 cm³/mol. The van der Waals surface area contributed by atoms with E-state index in [4.69, 9.17) is 5.26 Å². The Kier molecular flexibility index (Phi) is 4.48. The van der Waals surface area contributed by atoms with Crippen LogP contribution in [0.3, 0.4) is 0 Å². The molecule has 0 bridgehead atoms. The number of carbonyl (C=O) groups is 1. The first-order valence-corrected chi connectivity index (χ1v) is 2.87. The van der Waals surface area contributed by atoms with Gasteiger partial charge >= 0.3 is 6.16 Å². The Balaban J connectivity index is 2.99. The van der Waals surface area contributed by atoms with Gasteiger partial charge in [0.15, 0.2) is 0 Å². The third-order valence-corrected chi connectivity index (χ3v) is 0.809. The Morgan fingerprint density at radius 1 is 1.88 bits per heavy atom. The van der Waals surface area contributed by atoms with Crippen LogP contribution in [-0.2, 0) is 9.07 Å². The van der Waals surface area contributed by atoms with Crippen molar-refractivity contribution in [2.75, 3.05) is 5.75 Å². The fraction of sp³-hybridized carbons (Fsp3) is 0.667. The molecule has 0 aliphatic rings. The first-order chi connectivity index (χ1) is 3.81. The van der Waals surface area contributed by atoms with Crippen LogP contribution in [0.25, 0.3) is 0 Å². The fourth-order valence-electron chi connectivity index (χ4n) is 0.122. The highest BCUT2D eigenvalue weighted by atomic mass is 32.2. The molecule has 4 nitrogen and oxygen atoms in total. The Hall–Kier alpha value is -0.420. The van der Waals surface area contributed by atoms with E-state index in [0.717, 1.165) is 12.0 Å². The van der Waals surface area contributed by atoms with Crippen LogP contribution >= 0.6 is 12.0 Å². The van der Waals surface area contributed by atoms with Crippen LogP contribution in [0.15, 0.2) is 0 Å². The fourth-order valence-corrected chi connectivity index (χ4v) is 0.367. The van der Waals surface area contributed by atoms with Gasteiger partial charge in [0, 0.05) is 5.75 Å². The van der Waals surface area contributed by atoms with Crippen molar-refractivity contribution in [3.8, 4) is 0 Å². The van der Waals surface area contributed by atoms with Crippen LogP contribution in [0.1, 0.15) is 6.92 Å². The van der Waals surface area contributed by atoms with Gasteiger partial charge in [-0.25, -0.2) is 0 Å². The Morgan fingerprint density at radius 3 is 2.88 bits per heavy atom. The first kappa shape index (κ1) is 7.58. The second-order valence-corrected chi connectivity index (χ2v) is 1.81. The topological polar surface area (TPSA) is 55.8 Å². The normalized spacial score (nSPS) is 8.25. The average Bonchev–Trinajstić information content (AvgIpc) is 1.83. The highest BCUT2D eigenvalue weighted by Crippen LogP contribution is 2.01. The number of hydrogen-bond donors (Lipinski definition) is 1. The molecule has 0 amide bonds. The third kappa shape index (κ3) is 3.76. The zero-order valence-electron chi connectivity index (χ0n) is 4.29. The molecule has 0 rings (SSSR count). The van der Waals surface area contributed by atoms with Crippen LogP contribution in [0.4, 0.5) is 4.79 Å². The number of carbonyl (C=O) groups excluding carboxylic acids is 1. The summed E-state index contributed by atoms with van der Waals surface area (Å²) in [7, 11) is 0. The minimum atomic E-state index is -1.09. The lowest BCUT2D eigenvalue weighted by atomic mass is 11.0. The summed E-state index contributed by atoms with van der Waals surface area (Å²) < 4.78 is 4.15. The zero-order valence-corrected chi connectivity index (χ0v) is 5.10. The predicted octanol–water partition coefficient (Wildman–Crippen LogP) is 1.28. The molecule has 0 aromatic heterocycles. The van der Waals surface area contributed by atoms with Crippen molar-refractivity contribution in [3.05, 3.63) is 0 Å². The largest absolute Gasteiger partial charge is 0.552 e. The van der Waals surface area contributed by atoms with Crippen molar-refractivity contribution in [2.45, 2.75) is 6.92 Å². The molecule has 0 radical (unpaired) electrons. The summed E-state index contributed by atoms with van der Waals surface area (Å²) in [4.78, 5) is 13.0. The lowest BCUT2D eigenvalue weighted by Crippen LogP contribution is -1.97. The molecular weight excluding hydrogens is 132 g/mol. The van der Waals surface area contributed by atoms with Gasteiger partial charge in [0.25, 0.3) is 0 Å². The standard InChI is InChI=1S/C3H6O4S/c1-2-8-7-3(4)6-5/h5H,2H2,1H3. The highest BCUT2D eigenvalue weighted by Gasteiger charge is 1.99. The summed E-state index contributed by atoms with van der Waals surface area (Å²) in [5, 5.41) is 7.57. The zero-order chi connectivity index (χ0) is 6.41. The maximum atomic E-state index is 9.86. The third-order valence-electron chi connectivity index (χ3n) is 0.319. The second-order valence-electron chi connectivity index (χ2n) is 0.831. The van der Waals surface area contributed by atoms with E-state index in [9.17, 15) is 4.79 Å². The van der Waals surface area contributed by atoms with E-state index >= 15 is 0 Å². The lowest BCUT2D eigenvalue weighted by Gasteiger charge is -1.92. The molecule has 0 heterocycles. The molecule has 0 aromatic carbocycles. The second kappa shape index (κ2) is 4.73. The van der Waals surface area contributed by atoms with Crippen molar-refractivity contribution in [1.29, 1.82) is 0 Å². The summed E-state index contributed by atoms with van der Waals surface area (Å²) in [6, 6.07) is 0. The van der Waals surface area contributed by atoms with E-state index in [1.165, 1.54) is 0 Å². The van der Waals surface area contributed by atoms with Crippen LogP contribution in [0, 0.1) is 0 Å².